The molecule has 0 unspecified atom stereocenters. The van der Waals surface area contributed by atoms with E-state index in [1.807, 2.05) is 35.2 Å². The molecular formula is C34H44N2O2. The molecule has 0 radical (unpaired) electrons. The fourth-order valence-corrected chi connectivity index (χ4v) is 6.87. The number of fused-ring (bicyclic) bond motifs is 2. The van der Waals surface area contributed by atoms with Crippen molar-refractivity contribution in [2.75, 3.05) is 18.0 Å². The number of rotatable bonds is 6. The number of piperidine rings is 1. The van der Waals surface area contributed by atoms with Crippen molar-refractivity contribution in [2.45, 2.75) is 84.6 Å². The topological polar surface area (TPSA) is 40.6 Å². The van der Waals surface area contributed by atoms with Crippen LogP contribution in [0.4, 0.5) is 5.69 Å². The number of hydrogen-bond acceptors (Lipinski definition) is 2. The van der Waals surface area contributed by atoms with E-state index in [2.05, 4.69) is 49.1 Å². The van der Waals surface area contributed by atoms with E-state index in [4.69, 9.17) is 0 Å². The minimum absolute atomic E-state index is 0.131. The highest BCUT2D eigenvalue weighted by atomic mass is 16.2. The molecule has 0 N–H and O–H groups in total. The molecule has 2 aromatic carbocycles. The van der Waals surface area contributed by atoms with Gasteiger partial charge in [-0.15, -0.1) is 0 Å². The Bertz CT molecular complexity index is 1150. The van der Waals surface area contributed by atoms with Gasteiger partial charge < -0.3 is 9.80 Å². The summed E-state index contributed by atoms with van der Waals surface area (Å²) >= 11 is 0. The van der Waals surface area contributed by atoms with Gasteiger partial charge in [-0.1, -0.05) is 68.5 Å². The number of carbonyl (C=O) groups is 2. The van der Waals surface area contributed by atoms with E-state index < -0.39 is 0 Å². The lowest BCUT2D eigenvalue weighted by Gasteiger charge is -2.46. The molecule has 2 fully saturated rings. The second-order valence-electron chi connectivity index (χ2n) is 12.2. The van der Waals surface area contributed by atoms with E-state index in [1.54, 1.807) is 0 Å². The summed E-state index contributed by atoms with van der Waals surface area (Å²) in [6, 6.07) is 16.4. The van der Waals surface area contributed by atoms with Crippen molar-refractivity contribution in [3.8, 4) is 0 Å². The van der Waals surface area contributed by atoms with Crippen LogP contribution in [0.1, 0.15) is 94.7 Å². The summed E-state index contributed by atoms with van der Waals surface area (Å²) in [7, 11) is 0. The summed E-state index contributed by atoms with van der Waals surface area (Å²) in [6.45, 7) is 7.13. The zero-order chi connectivity index (χ0) is 26.5. The van der Waals surface area contributed by atoms with Crippen LogP contribution < -0.4 is 4.90 Å². The van der Waals surface area contributed by atoms with Crippen LogP contribution in [0, 0.1) is 17.3 Å². The fourth-order valence-electron chi connectivity index (χ4n) is 6.87. The first kappa shape index (κ1) is 26.7. The standard InChI is InChI=1S/C34H44N2O2/c1-26(2)27-17-19-34(20-18-27)21-23-35(24-22-34)32(37)13-7-8-14-33(38)36-25-30-11-4-3-9-28(30)15-16-29-10-5-6-12-31(29)36/h3-6,9-12,15-16,26-27H,7-8,13-14,17-25H2,1-2H3/b16-15-. The van der Waals surface area contributed by atoms with E-state index in [0.717, 1.165) is 60.1 Å². The van der Waals surface area contributed by atoms with E-state index >= 15 is 0 Å². The Balaban J connectivity index is 1.10. The highest BCUT2D eigenvalue weighted by Gasteiger charge is 2.39. The predicted molar refractivity (Wildman–Crippen MR) is 157 cm³/mol. The molecule has 38 heavy (non-hydrogen) atoms. The minimum Gasteiger partial charge on any atom is -0.343 e. The second kappa shape index (κ2) is 11.9. The molecule has 0 aromatic heterocycles. The van der Waals surface area contributed by atoms with Crippen LogP contribution in [0.2, 0.25) is 0 Å². The fraction of sp³-hybridized carbons (Fsp3) is 0.529. The highest BCUT2D eigenvalue weighted by Crippen LogP contribution is 2.47. The van der Waals surface area contributed by atoms with Gasteiger partial charge in [-0.3, -0.25) is 9.59 Å². The molecule has 1 saturated carbocycles. The van der Waals surface area contributed by atoms with Gasteiger partial charge in [0.15, 0.2) is 0 Å². The lowest BCUT2D eigenvalue weighted by Crippen LogP contribution is -2.44. The van der Waals surface area contributed by atoms with Crippen molar-refractivity contribution in [3.05, 3.63) is 65.2 Å². The molecule has 0 bridgehead atoms. The van der Waals surface area contributed by atoms with Gasteiger partial charge in [0.2, 0.25) is 11.8 Å². The zero-order valence-corrected chi connectivity index (χ0v) is 23.3. The van der Waals surface area contributed by atoms with Crippen LogP contribution in [0.25, 0.3) is 12.2 Å². The predicted octanol–water partition coefficient (Wildman–Crippen LogP) is 7.72. The van der Waals surface area contributed by atoms with Crippen LogP contribution in [-0.2, 0) is 16.1 Å². The van der Waals surface area contributed by atoms with Crippen molar-refractivity contribution in [3.63, 3.8) is 0 Å². The lowest BCUT2D eigenvalue weighted by atomic mass is 9.64. The van der Waals surface area contributed by atoms with Crippen molar-refractivity contribution < 1.29 is 9.59 Å². The maximum absolute atomic E-state index is 13.4. The Morgan fingerprint density at radius 3 is 2.13 bits per heavy atom. The quantitative estimate of drug-likeness (QED) is 0.372. The molecule has 1 saturated heterocycles. The Morgan fingerprint density at radius 1 is 0.816 bits per heavy atom. The second-order valence-corrected chi connectivity index (χ2v) is 12.2. The Kier molecular flexibility index (Phi) is 8.35. The normalized spacial score (nSPS) is 20.0. The van der Waals surface area contributed by atoms with Crippen molar-refractivity contribution in [2.24, 2.45) is 17.3 Å². The van der Waals surface area contributed by atoms with Crippen molar-refractivity contribution in [1.29, 1.82) is 0 Å². The largest absolute Gasteiger partial charge is 0.343 e. The van der Waals surface area contributed by atoms with Crippen LogP contribution in [0.5, 0.6) is 0 Å². The molecule has 5 rings (SSSR count). The molecule has 2 aromatic rings. The van der Waals surface area contributed by atoms with E-state index in [9.17, 15) is 9.59 Å². The summed E-state index contributed by atoms with van der Waals surface area (Å²) in [6.07, 6.45) is 14.5. The molecule has 1 aliphatic carbocycles. The summed E-state index contributed by atoms with van der Waals surface area (Å²) in [5.41, 5.74) is 4.82. The van der Waals surface area contributed by atoms with Crippen molar-refractivity contribution >= 4 is 29.7 Å². The summed E-state index contributed by atoms with van der Waals surface area (Å²) in [5, 5.41) is 0. The molecule has 3 aliphatic rings. The third-order valence-electron chi connectivity index (χ3n) is 9.60. The molecule has 2 heterocycles. The number of benzene rings is 2. The molecule has 2 amide bonds. The van der Waals surface area contributed by atoms with Gasteiger partial charge in [0, 0.05) is 25.9 Å². The van der Waals surface area contributed by atoms with Crippen LogP contribution in [-0.4, -0.2) is 29.8 Å². The number of unbranched alkanes of at least 4 members (excludes halogenated alkanes) is 1. The molecular weight excluding hydrogens is 468 g/mol. The van der Waals surface area contributed by atoms with Gasteiger partial charge in [0.25, 0.3) is 0 Å². The smallest absolute Gasteiger partial charge is 0.227 e. The average molecular weight is 513 g/mol. The monoisotopic (exact) mass is 512 g/mol. The molecule has 202 valence electrons. The third-order valence-corrected chi connectivity index (χ3v) is 9.60. The SMILES string of the molecule is CC(C)C1CCC2(CC1)CCN(C(=O)CCCCC(=O)N1Cc3ccccc3/C=C\c3ccccc31)CC2. The molecule has 4 nitrogen and oxygen atoms in total. The first-order valence-electron chi connectivity index (χ1n) is 14.9. The summed E-state index contributed by atoms with van der Waals surface area (Å²) in [5.74, 6) is 2.10. The lowest BCUT2D eigenvalue weighted by molar-refractivity contribution is -0.134. The van der Waals surface area contributed by atoms with Gasteiger partial charge in [0.1, 0.15) is 0 Å². The number of likely N-dealkylation sites (tertiary alicyclic amines) is 1. The minimum atomic E-state index is 0.131. The first-order valence-corrected chi connectivity index (χ1v) is 14.9. The molecule has 1 spiro atoms. The highest BCUT2D eigenvalue weighted by molar-refractivity contribution is 5.97. The van der Waals surface area contributed by atoms with Gasteiger partial charge in [0.05, 0.1) is 12.2 Å². The van der Waals surface area contributed by atoms with Crippen LogP contribution >= 0.6 is 0 Å². The number of amides is 2. The third kappa shape index (κ3) is 6.06. The van der Waals surface area contributed by atoms with E-state index in [1.165, 1.54) is 38.5 Å². The van der Waals surface area contributed by atoms with Crippen molar-refractivity contribution in [1.82, 2.24) is 4.90 Å². The van der Waals surface area contributed by atoms with Crippen LogP contribution in [0.3, 0.4) is 0 Å². The number of anilines is 1. The van der Waals surface area contributed by atoms with Gasteiger partial charge >= 0.3 is 0 Å². The zero-order valence-electron chi connectivity index (χ0n) is 23.3. The van der Waals surface area contributed by atoms with Gasteiger partial charge in [-0.25, -0.2) is 0 Å². The van der Waals surface area contributed by atoms with E-state index in [0.29, 0.717) is 24.8 Å². The number of hydrogen-bond donors (Lipinski definition) is 0. The van der Waals surface area contributed by atoms with Gasteiger partial charge in [-0.05, 0) is 91.4 Å². The van der Waals surface area contributed by atoms with Gasteiger partial charge in [-0.2, -0.15) is 0 Å². The Labute approximate surface area is 229 Å². The number of carbonyl (C=O) groups excluding carboxylic acids is 2. The Hall–Kier alpha value is -2.88. The Morgan fingerprint density at radius 2 is 1.42 bits per heavy atom. The summed E-state index contributed by atoms with van der Waals surface area (Å²) in [4.78, 5) is 30.4. The maximum Gasteiger partial charge on any atom is 0.227 e. The molecule has 4 heteroatoms. The summed E-state index contributed by atoms with van der Waals surface area (Å²) < 4.78 is 0. The number of para-hydroxylation sites is 1. The van der Waals surface area contributed by atoms with E-state index in [-0.39, 0.29) is 11.8 Å². The first-order chi connectivity index (χ1) is 18.4. The number of nitrogens with zero attached hydrogens (tertiary/aromatic N) is 2. The van der Waals surface area contributed by atoms with Crippen LogP contribution in [0.15, 0.2) is 48.5 Å². The maximum atomic E-state index is 13.4. The average Bonchev–Trinajstić information content (AvgIpc) is 2.93. The molecule has 0 atom stereocenters. The molecule has 2 aliphatic heterocycles.